The van der Waals surface area contributed by atoms with Gasteiger partial charge < -0.3 is 9.47 Å². The summed E-state index contributed by atoms with van der Waals surface area (Å²) in [4.78, 5) is 26.4. The number of rotatable bonds is 50. The molecule has 0 saturated carbocycles. The minimum atomic E-state index is -0.373. The van der Waals surface area contributed by atoms with Crippen LogP contribution in [0.2, 0.25) is 0 Å². The van der Waals surface area contributed by atoms with Crippen molar-refractivity contribution in [2.75, 3.05) is 0 Å². The van der Waals surface area contributed by atoms with E-state index in [1.165, 1.54) is 244 Å². The first kappa shape index (κ1) is 57.9. The maximum Gasteiger partial charge on any atom is 0.317 e. The number of unbranched alkanes of at least 4 members (excludes halogenated alkanes) is 38. The molecule has 0 N–H and O–H groups in total. The van der Waals surface area contributed by atoms with Gasteiger partial charge in [0.1, 0.15) is 18.6 Å². The first-order chi connectivity index (χ1) is 29.1. The van der Waals surface area contributed by atoms with Crippen molar-refractivity contribution < 1.29 is 19.1 Å². The van der Waals surface area contributed by atoms with E-state index in [9.17, 15) is 9.59 Å². The third-order valence-corrected chi connectivity index (χ3v) is 12.9. The molecule has 0 radical (unpaired) electrons. The molecule has 0 spiro atoms. The summed E-state index contributed by atoms with van der Waals surface area (Å²) >= 11 is 0. The van der Waals surface area contributed by atoms with E-state index in [4.69, 9.17) is 9.47 Å². The molecule has 0 rings (SSSR count). The van der Waals surface area contributed by atoms with Crippen LogP contribution < -0.4 is 0 Å². The molecule has 2 unspecified atom stereocenters. The molecule has 0 aliphatic rings. The van der Waals surface area contributed by atoms with Crippen LogP contribution in [0.3, 0.4) is 0 Å². The highest BCUT2D eigenvalue weighted by molar-refractivity contribution is 5.91. The number of carbonyl (C=O) groups is 2. The fraction of sp³-hybridized carbons (Fsp3) is 0.964. The maximum absolute atomic E-state index is 13.2. The van der Waals surface area contributed by atoms with Crippen molar-refractivity contribution in [3.05, 3.63) is 0 Å². The second-order valence-electron chi connectivity index (χ2n) is 19.0. The van der Waals surface area contributed by atoms with Gasteiger partial charge in [-0.25, -0.2) is 0 Å². The lowest BCUT2D eigenvalue weighted by Crippen LogP contribution is -2.24. The molecule has 0 aromatic rings. The Bertz CT molecular complexity index is 760. The molecule has 0 heterocycles. The van der Waals surface area contributed by atoms with Crippen LogP contribution in [0.25, 0.3) is 0 Å². The van der Waals surface area contributed by atoms with E-state index in [0.717, 1.165) is 51.4 Å². The molecule has 0 bridgehead atoms. The Balaban J connectivity index is 4.83. The van der Waals surface area contributed by atoms with Crippen LogP contribution in [0, 0.1) is 0 Å². The lowest BCUT2D eigenvalue weighted by atomic mass is 10.0. The van der Waals surface area contributed by atoms with Gasteiger partial charge in [0, 0.05) is 0 Å². The molecule has 0 aliphatic heterocycles. The number of ether oxygens (including phenoxy) is 2. The van der Waals surface area contributed by atoms with Gasteiger partial charge in [-0.2, -0.15) is 0 Å². The summed E-state index contributed by atoms with van der Waals surface area (Å²) in [6, 6.07) is 0. The first-order valence-corrected chi connectivity index (χ1v) is 27.5. The zero-order chi connectivity index (χ0) is 43.0. The minimum Gasteiger partial charge on any atom is -0.462 e. The van der Waals surface area contributed by atoms with Crippen LogP contribution in [-0.4, -0.2) is 24.1 Å². The third-order valence-electron chi connectivity index (χ3n) is 12.9. The van der Waals surface area contributed by atoms with E-state index in [2.05, 4.69) is 27.7 Å². The predicted octanol–water partition coefficient (Wildman–Crippen LogP) is 19.2. The van der Waals surface area contributed by atoms with Crippen molar-refractivity contribution in [1.29, 1.82) is 0 Å². The van der Waals surface area contributed by atoms with E-state index in [1.54, 1.807) is 0 Å². The van der Waals surface area contributed by atoms with Gasteiger partial charge in [-0.15, -0.1) is 0 Å². The van der Waals surface area contributed by atoms with Gasteiger partial charge >= 0.3 is 11.9 Å². The SMILES string of the molecule is CCCCCCCCCCCCCC(CCCCCCCCCCCC)OC(=O)CC(=O)OC(CCCCCCCCCCCC)CCCCCCCCCCCCC. The highest BCUT2D eigenvalue weighted by Gasteiger charge is 2.21. The molecular weight excluding hydrogens is 725 g/mol. The molecule has 2 atom stereocenters. The molecule has 0 saturated heterocycles. The quantitative estimate of drug-likeness (QED) is 0.0348. The normalized spacial score (nSPS) is 12.5. The number of hydrogen-bond donors (Lipinski definition) is 0. The van der Waals surface area contributed by atoms with Crippen molar-refractivity contribution in [2.45, 2.75) is 342 Å². The summed E-state index contributed by atoms with van der Waals surface area (Å²) in [6.45, 7) is 9.13. The van der Waals surface area contributed by atoms with E-state index in [0.29, 0.717) is 0 Å². The molecule has 352 valence electrons. The molecule has 59 heavy (non-hydrogen) atoms. The standard InChI is InChI=1S/C55H108O4/c1-5-9-13-17-21-25-29-33-37-41-45-49-52(47-43-39-35-31-27-23-19-15-11-7-3)58-54(56)51-55(57)59-53(48-44-40-36-32-28-24-20-16-12-8-4)50-46-42-38-34-30-26-22-18-14-10-6-2/h52-53H,5-51H2,1-4H3. The number of carbonyl (C=O) groups excluding carboxylic acids is 2. The minimum absolute atomic E-state index is 0.0679. The second kappa shape index (κ2) is 49.6. The van der Waals surface area contributed by atoms with Gasteiger partial charge in [0.05, 0.1) is 0 Å². The largest absolute Gasteiger partial charge is 0.462 e. The molecule has 0 aliphatic carbocycles. The van der Waals surface area contributed by atoms with E-state index < -0.39 is 0 Å². The lowest BCUT2D eigenvalue weighted by molar-refractivity contribution is -0.161. The molecule has 4 heteroatoms. The molecule has 0 fully saturated rings. The van der Waals surface area contributed by atoms with E-state index in [1.807, 2.05) is 0 Å². The average molecular weight is 833 g/mol. The summed E-state index contributed by atoms with van der Waals surface area (Å²) in [7, 11) is 0. The average Bonchev–Trinajstić information content (AvgIpc) is 3.22. The van der Waals surface area contributed by atoms with Crippen molar-refractivity contribution in [3.8, 4) is 0 Å². The zero-order valence-corrected chi connectivity index (χ0v) is 41.0. The van der Waals surface area contributed by atoms with Crippen LogP contribution >= 0.6 is 0 Å². The molecule has 0 aromatic heterocycles. The highest BCUT2D eigenvalue weighted by Crippen LogP contribution is 2.21. The van der Waals surface area contributed by atoms with Crippen molar-refractivity contribution in [3.63, 3.8) is 0 Å². The van der Waals surface area contributed by atoms with E-state index >= 15 is 0 Å². The van der Waals surface area contributed by atoms with Crippen LogP contribution in [0.5, 0.6) is 0 Å². The fourth-order valence-corrected chi connectivity index (χ4v) is 8.89. The predicted molar refractivity (Wildman–Crippen MR) is 259 cm³/mol. The van der Waals surface area contributed by atoms with E-state index in [-0.39, 0.29) is 30.6 Å². The molecule has 0 aromatic carbocycles. The van der Waals surface area contributed by atoms with Gasteiger partial charge in [0.2, 0.25) is 0 Å². The Morgan fingerprint density at radius 2 is 0.407 bits per heavy atom. The molecular formula is C55H108O4. The summed E-state index contributed by atoms with van der Waals surface area (Å²) in [5, 5.41) is 0. The van der Waals surface area contributed by atoms with Gasteiger partial charge in [-0.1, -0.05) is 272 Å². The smallest absolute Gasteiger partial charge is 0.317 e. The van der Waals surface area contributed by atoms with Gasteiger partial charge in [0.15, 0.2) is 0 Å². The van der Waals surface area contributed by atoms with Crippen LogP contribution in [0.1, 0.15) is 329 Å². The van der Waals surface area contributed by atoms with Crippen molar-refractivity contribution in [1.82, 2.24) is 0 Å². The van der Waals surface area contributed by atoms with Crippen LogP contribution in [0.15, 0.2) is 0 Å². The first-order valence-electron chi connectivity index (χ1n) is 27.5. The number of esters is 2. The molecule has 0 amide bonds. The Hall–Kier alpha value is -1.06. The fourth-order valence-electron chi connectivity index (χ4n) is 8.89. The van der Waals surface area contributed by atoms with Crippen LogP contribution in [-0.2, 0) is 19.1 Å². The topological polar surface area (TPSA) is 52.6 Å². The maximum atomic E-state index is 13.2. The van der Waals surface area contributed by atoms with Crippen molar-refractivity contribution in [2.24, 2.45) is 0 Å². The number of hydrogen-bond acceptors (Lipinski definition) is 4. The Labute approximate surface area is 371 Å². The molecule has 4 nitrogen and oxygen atoms in total. The van der Waals surface area contributed by atoms with Crippen molar-refractivity contribution >= 4 is 11.9 Å². The third kappa shape index (κ3) is 46.3. The Morgan fingerprint density at radius 3 is 0.576 bits per heavy atom. The van der Waals surface area contributed by atoms with Crippen LogP contribution in [0.4, 0.5) is 0 Å². The van der Waals surface area contributed by atoms with Gasteiger partial charge in [-0.05, 0) is 51.4 Å². The zero-order valence-electron chi connectivity index (χ0n) is 41.0. The lowest BCUT2D eigenvalue weighted by Gasteiger charge is -2.20. The Kier molecular flexibility index (Phi) is 48.7. The summed E-state index contributed by atoms with van der Waals surface area (Å²) in [6.07, 6.45) is 58.5. The highest BCUT2D eigenvalue weighted by atomic mass is 16.6. The summed E-state index contributed by atoms with van der Waals surface area (Å²) < 4.78 is 12.2. The van der Waals surface area contributed by atoms with Gasteiger partial charge in [-0.3, -0.25) is 9.59 Å². The van der Waals surface area contributed by atoms with Gasteiger partial charge in [0.25, 0.3) is 0 Å². The summed E-state index contributed by atoms with van der Waals surface area (Å²) in [5.41, 5.74) is 0. The second-order valence-corrected chi connectivity index (χ2v) is 19.0. The monoisotopic (exact) mass is 833 g/mol. The summed E-state index contributed by atoms with van der Waals surface area (Å²) in [5.74, 6) is -0.745. The Morgan fingerprint density at radius 1 is 0.254 bits per heavy atom.